The van der Waals surface area contributed by atoms with Gasteiger partial charge in [0.15, 0.2) is 0 Å². The number of sulfonamides is 1. The third-order valence-corrected chi connectivity index (χ3v) is 5.50. The van der Waals surface area contributed by atoms with E-state index in [0.717, 1.165) is 12.8 Å². The molecule has 0 aliphatic heterocycles. The average molecular weight is 339 g/mol. The molecule has 1 aliphatic rings. The molecule has 3 rings (SSSR count). The molecule has 1 fully saturated rings. The number of benzene rings is 1. The van der Waals surface area contributed by atoms with Gasteiger partial charge in [-0.15, -0.1) is 0 Å². The van der Waals surface area contributed by atoms with Crippen molar-refractivity contribution in [3.63, 3.8) is 0 Å². The first-order chi connectivity index (χ1) is 11.0. The first-order valence-corrected chi connectivity index (χ1v) is 8.93. The summed E-state index contributed by atoms with van der Waals surface area (Å²) in [7, 11) is -3.74. The van der Waals surface area contributed by atoms with Crippen LogP contribution < -0.4 is 4.72 Å². The summed E-state index contributed by atoms with van der Waals surface area (Å²) in [5.74, 6) is -0.548. The van der Waals surface area contributed by atoms with Crippen LogP contribution in [0.2, 0.25) is 0 Å². The molecule has 124 valence electrons. The molecular formula is C15H18FN3O3S. The maximum atomic E-state index is 13.7. The van der Waals surface area contributed by atoms with Gasteiger partial charge in [-0.05, 0) is 30.9 Å². The minimum absolute atomic E-state index is 0.0340. The molecule has 2 unspecified atom stereocenters. The Morgan fingerprint density at radius 1 is 1.35 bits per heavy atom. The Hall–Kier alpha value is -1.77. The van der Waals surface area contributed by atoms with Crippen LogP contribution in [-0.2, 0) is 10.0 Å². The highest BCUT2D eigenvalue weighted by atomic mass is 32.2. The van der Waals surface area contributed by atoms with Gasteiger partial charge in [0.1, 0.15) is 16.4 Å². The van der Waals surface area contributed by atoms with Gasteiger partial charge in [0.05, 0.1) is 18.5 Å². The number of halogens is 1. The fourth-order valence-electron chi connectivity index (χ4n) is 2.77. The third kappa shape index (κ3) is 3.44. The summed E-state index contributed by atoms with van der Waals surface area (Å²) < 4.78 is 42.0. The van der Waals surface area contributed by atoms with Crippen LogP contribution in [0.15, 0.2) is 41.6 Å². The van der Waals surface area contributed by atoms with Gasteiger partial charge in [-0.3, -0.25) is 0 Å². The zero-order valence-electron chi connectivity index (χ0n) is 12.4. The maximum Gasteiger partial charge on any atom is 0.243 e. The zero-order valence-corrected chi connectivity index (χ0v) is 13.2. The lowest BCUT2D eigenvalue weighted by Gasteiger charge is -2.14. The average Bonchev–Trinajstić information content (AvgIpc) is 3.15. The van der Waals surface area contributed by atoms with Crippen LogP contribution in [0.1, 0.15) is 19.3 Å². The van der Waals surface area contributed by atoms with Crippen molar-refractivity contribution in [2.75, 3.05) is 6.54 Å². The van der Waals surface area contributed by atoms with Crippen molar-refractivity contribution in [2.24, 2.45) is 5.92 Å². The Bertz CT molecular complexity index is 791. The molecule has 1 aromatic carbocycles. The number of hydrogen-bond donors (Lipinski definition) is 2. The molecule has 6 nitrogen and oxygen atoms in total. The molecule has 0 bridgehead atoms. The summed E-state index contributed by atoms with van der Waals surface area (Å²) in [6, 6.07) is 5.99. The minimum atomic E-state index is -3.74. The van der Waals surface area contributed by atoms with Crippen LogP contribution in [0, 0.1) is 11.7 Å². The standard InChI is InChI=1S/C15H18FN3O3S/c16-13-5-1-2-6-14(13)19-10-12(9-17-19)23(21,22)18-8-11-4-3-7-15(11)20/h1-2,5-6,9-11,15,18,20H,3-4,7-8H2. The summed E-state index contributed by atoms with van der Waals surface area (Å²) in [5.41, 5.74) is 0.181. The van der Waals surface area contributed by atoms with Crippen molar-refractivity contribution >= 4 is 10.0 Å². The van der Waals surface area contributed by atoms with Crippen LogP contribution in [0.3, 0.4) is 0 Å². The van der Waals surface area contributed by atoms with Gasteiger partial charge in [0.25, 0.3) is 0 Å². The van der Waals surface area contributed by atoms with Gasteiger partial charge in [-0.1, -0.05) is 18.6 Å². The Labute approximate surface area is 134 Å². The van der Waals surface area contributed by atoms with E-state index in [-0.39, 0.29) is 23.0 Å². The zero-order chi connectivity index (χ0) is 16.4. The molecule has 2 N–H and O–H groups in total. The quantitative estimate of drug-likeness (QED) is 0.863. The van der Waals surface area contributed by atoms with Crippen molar-refractivity contribution in [2.45, 2.75) is 30.3 Å². The number of para-hydroxylation sites is 1. The van der Waals surface area contributed by atoms with Crippen LogP contribution in [0.25, 0.3) is 5.69 Å². The van der Waals surface area contributed by atoms with Crippen molar-refractivity contribution in [1.29, 1.82) is 0 Å². The predicted octanol–water partition coefficient (Wildman–Crippen LogP) is 1.45. The molecule has 8 heteroatoms. The molecule has 0 radical (unpaired) electrons. The van der Waals surface area contributed by atoms with E-state index in [1.54, 1.807) is 12.1 Å². The van der Waals surface area contributed by atoms with Crippen molar-refractivity contribution in [1.82, 2.24) is 14.5 Å². The fourth-order valence-corrected chi connectivity index (χ4v) is 3.79. The van der Waals surface area contributed by atoms with E-state index in [1.807, 2.05) is 0 Å². The van der Waals surface area contributed by atoms with Crippen LogP contribution in [0.4, 0.5) is 4.39 Å². The highest BCUT2D eigenvalue weighted by Gasteiger charge is 2.27. The van der Waals surface area contributed by atoms with Crippen LogP contribution in [0.5, 0.6) is 0 Å². The molecule has 1 saturated carbocycles. The normalized spacial score (nSPS) is 21.7. The molecule has 0 amide bonds. The van der Waals surface area contributed by atoms with E-state index in [1.165, 1.54) is 29.2 Å². The van der Waals surface area contributed by atoms with E-state index in [9.17, 15) is 17.9 Å². The summed E-state index contributed by atoms with van der Waals surface area (Å²) in [6.07, 6.45) is 4.40. The molecule has 1 aliphatic carbocycles. The summed E-state index contributed by atoms with van der Waals surface area (Å²) in [4.78, 5) is -0.0340. The number of aromatic nitrogens is 2. The molecule has 0 saturated heterocycles. The number of aliphatic hydroxyl groups excluding tert-OH is 1. The highest BCUT2D eigenvalue weighted by Crippen LogP contribution is 2.25. The van der Waals surface area contributed by atoms with E-state index in [4.69, 9.17) is 0 Å². The fraction of sp³-hybridized carbons (Fsp3) is 0.400. The second kappa shape index (κ2) is 6.38. The number of hydrogen-bond acceptors (Lipinski definition) is 4. The molecule has 23 heavy (non-hydrogen) atoms. The number of aliphatic hydroxyl groups is 1. The van der Waals surface area contributed by atoms with E-state index < -0.39 is 21.9 Å². The lowest BCUT2D eigenvalue weighted by Crippen LogP contribution is -2.32. The maximum absolute atomic E-state index is 13.7. The SMILES string of the molecule is O=S(=O)(NCC1CCCC1O)c1cnn(-c2ccccc2F)c1. The smallest absolute Gasteiger partial charge is 0.243 e. The Kier molecular flexibility index (Phi) is 4.47. The van der Waals surface area contributed by atoms with E-state index in [2.05, 4.69) is 9.82 Å². The summed E-state index contributed by atoms with van der Waals surface area (Å²) in [6.45, 7) is 0.189. The van der Waals surface area contributed by atoms with E-state index in [0.29, 0.717) is 6.42 Å². The van der Waals surface area contributed by atoms with Crippen molar-refractivity contribution in [3.05, 3.63) is 42.5 Å². The van der Waals surface area contributed by atoms with Gasteiger partial charge in [-0.2, -0.15) is 5.10 Å². The lowest BCUT2D eigenvalue weighted by molar-refractivity contribution is 0.134. The second-order valence-electron chi connectivity index (χ2n) is 5.68. The van der Waals surface area contributed by atoms with Crippen LogP contribution >= 0.6 is 0 Å². The van der Waals surface area contributed by atoms with Crippen molar-refractivity contribution in [3.8, 4) is 5.69 Å². The van der Waals surface area contributed by atoms with Gasteiger partial charge in [0, 0.05) is 6.54 Å². The van der Waals surface area contributed by atoms with Gasteiger partial charge >= 0.3 is 0 Å². The van der Waals surface area contributed by atoms with Crippen molar-refractivity contribution < 1.29 is 17.9 Å². The van der Waals surface area contributed by atoms with Gasteiger partial charge in [-0.25, -0.2) is 22.2 Å². The largest absolute Gasteiger partial charge is 0.393 e. The summed E-state index contributed by atoms with van der Waals surface area (Å²) >= 11 is 0. The third-order valence-electron chi connectivity index (χ3n) is 4.12. The molecule has 1 aromatic heterocycles. The predicted molar refractivity (Wildman–Crippen MR) is 82.1 cm³/mol. The second-order valence-corrected chi connectivity index (χ2v) is 7.45. The topological polar surface area (TPSA) is 84.2 Å². The Morgan fingerprint density at radius 2 is 2.13 bits per heavy atom. The summed E-state index contributed by atoms with van der Waals surface area (Å²) in [5, 5.41) is 13.7. The van der Waals surface area contributed by atoms with Gasteiger partial charge < -0.3 is 5.11 Å². The molecule has 1 heterocycles. The van der Waals surface area contributed by atoms with E-state index >= 15 is 0 Å². The minimum Gasteiger partial charge on any atom is -0.393 e. The van der Waals surface area contributed by atoms with Crippen LogP contribution in [-0.4, -0.2) is 36.0 Å². The first kappa shape index (κ1) is 16.1. The number of nitrogens with one attached hydrogen (secondary N) is 1. The Balaban J connectivity index is 1.75. The molecule has 2 atom stereocenters. The lowest BCUT2D eigenvalue weighted by atomic mass is 10.1. The number of nitrogens with zero attached hydrogens (tertiary/aromatic N) is 2. The highest BCUT2D eigenvalue weighted by molar-refractivity contribution is 7.89. The monoisotopic (exact) mass is 339 g/mol. The molecule has 2 aromatic rings. The Morgan fingerprint density at radius 3 is 2.83 bits per heavy atom. The number of rotatable bonds is 5. The molecular weight excluding hydrogens is 321 g/mol. The molecule has 0 spiro atoms. The van der Waals surface area contributed by atoms with Gasteiger partial charge in [0.2, 0.25) is 10.0 Å². The first-order valence-electron chi connectivity index (χ1n) is 7.45.